The van der Waals surface area contributed by atoms with Gasteiger partial charge < -0.3 is 10.5 Å². The van der Waals surface area contributed by atoms with Crippen LogP contribution in [0.2, 0.25) is 0 Å². The van der Waals surface area contributed by atoms with E-state index in [-0.39, 0.29) is 17.1 Å². The van der Waals surface area contributed by atoms with Gasteiger partial charge in [-0.05, 0) is 38.0 Å². The summed E-state index contributed by atoms with van der Waals surface area (Å²) in [6.45, 7) is 2.44. The molecule has 1 aromatic rings. The minimum Gasteiger partial charge on any atom is -0.399 e. The van der Waals surface area contributed by atoms with Crippen LogP contribution in [0.4, 0.5) is 10.1 Å². The van der Waals surface area contributed by atoms with Crippen LogP contribution in [-0.4, -0.2) is 38.5 Å². The van der Waals surface area contributed by atoms with Gasteiger partial charge in [0.15, 0.2) is 0 Å². The second kappa shape index (κ2) is 5.31. The van der Waals surface area contributed by atoms with Crippen LogP contribution in [-0.2, 0) is 14.8 Å². The zero-order valence-corrected chi connectivity index (χ0v) is 12.4. The first-order chi connectivity index (χ1) is 9.28. The van der Waals surface area contributed by atoms with Crippen LogP contribution in [0.15, 0.2) is 23.1 Å². The van der Waals surface area contributed by atoms with Crippen LogP contribution in [0.5, 0.6) is 0 Å². The average molecular weight is 302 g/mol. The Hall–Kier alpha value is -1.18. The predicted molar refractivity (Wildman–Crippen MR) is 74.2 cm³/mol. The van der Waals surface area contributed by atoms with E-state index >= 15 is 0 Å². The summed E-state index contributed by atoms with van der Waals surface area (Å²) in [6, 6.07) is 3.61. The largest absolute Gasteiger partial charge is 0.399 e. The molecule has 2 rings (SSSR count). The minimum absolute atomic E-state index is 0.196. The molecule has 0 aliphatic carbocycles. The van der Waals surface area contributed by atoms with E-state index in [1.807, 2.05) is 6.92 Å². The number of ether oxygens (including phenoxy) is 1. The lowest BCUT2D eigenvalue weighted by molar-refractivity contribution is -0.0319. The lowest BCUT2D eigenvalue weighted by Gasteiger charge is -2.38. The third-order valence-corrected chi connectivity index (χ3v) is 5.57. The molecule has 1 heterocycles. The fourth-order valence-electron chi connectivity index (χ4n) is 2.40. The van der Waals surface area contributed by atoms with Crippen molar-refractivity contribution in [3.05, 3.63) is 24.0 Å². The van der Waals surface area contributed by atoms with Crippen LogP contribution in [0.1, 0.15) is 19.8 Å². The smallest absolute Gasteiger partial charge is 0.246 e. The topological polar surface area (TPSA) is 72.6 Å². The highest BCUT2D eigenvalue weighted by Crippen LogP contribution is 2.29. The second-order valence-electron chi connectivity index (χ2n) is 5.29. The highest BCUT2D eigenvalue weighted by atomic mass is 32.2. The fraction of sp³-hybridized carbons (Fsp3) is 0.538. The summed E-state index contributed by atoms with van der Waals surface area (Å²) in [5, 5.41) is 0. The molecule has 1 saturated heterocycles. The molecule has 20 heavy (non-hydrogen) atoms. The number of methoxy groups -OCH3 is 1. The van der Waals surface area contributed by atoms with Crippen molar-refractivity contribution in [2.24, 2.45) is 0 Å². The maximum atomic E-state index is 13.9. The van der Waals surface area contributed by atoms with E-state index < -0.39 is 21.4 Å². The molecule has 1 fully saturated rings. The Balaban J connectivity index is 2.35. The fourth-order valence-corrected chi connectivity index (χ4v) is 4.03. The zero-order valence-electron chi connectivity index (χ0n) is 11.6. The van der Waals surface area contributed by atoms with Gasteiger partial charge >= 0.3 is 0 Å². The number of benzene rings is 1. The molecule has 7 heteroatoms. The Morgan fingerprint density at radius 1 is 1.45 bits per heavy atom. The number of anilines is 1. The van der Waals surface area contributed by atoms with Gasteiger partial charge in [0.1, 0.15) is 10.7 Å². The van der Waals surface area contributed by atoms with Gasteiger partial charge in [0.25, 0.3) is 0 Å². The van der Waals surface area contributed by atoms with Crippen LogP contribution < -0.4 is 5.73 Å². The molecular weight excluding hydrogens is 283 g/mol. The normalized spacial score (nSPS) is 24.8. The molecule has 1 atom stereocenters. The van der Waals surface area contributed by atoms with E-state index in [4.69, 9.17) is 10.5 Å². The highest BCUT2D eigenvalue weighted by molar-refractivity contribution is 7.89. The average Bonchev–Trinajstić information content (AvgIpc) is 2.38. The van der Waals surface area contributed by atoms with Gasteiger partial charge in [-0.25, -0.2) is 12.8 Å². The summed E-state index contributed by atoms with van der Waals surface area (Å²) < 4.78 is 45.5. The molecule has 5 nitrogen and oxygen atoms in total. The summed E-state index contributed by atoms with van der Waals surface area (Å²) in [4.78, 5) is -0.341. The number of rotatable bonds is 3. The summed E-state index contributed by atoms with van der Waals surface area (Å²) >= 11 is 0. The summed E-state index contributed by atoms with van der Waals surface area (Å²) in [5.41, 5.74) is 5.11. The molecule has 112 valence electrons. The molecule has 0 radical (unpaired) electrons. The summed E-state index contributed by atoms with van der Waals surface area (Å²) in [7, 11) is -2.31. The van der Waals surface area contributed by atoms with Gasteiger partial charge in [0.05, 0.1) is 5.60 Å². The number of sulfonamides is 1. The number of nitrogens with zero attached hydrogens (tertiary/aromatic N) is 1. The third kappa shape index (κ3) is 2.79. The molecule has 1 unspecified atom stereocenters. The molecule has 1 aliphatic rings. The number of hydrogen-bond acceptors (Lipinski definition) is 4. The standard InChI is InChI=1S/C13H19FN2O3S/c1-13(19-2)6-3-7-16(9-13)20(17,18)12-5-4-10(15)8-11(12)14/h4-5,8H,3,6-7,9,15H2,1-2H3. The zero-order chi connectivity index (χ0) is 15.0. The minimum atomic E-state index is -3.87. The predicted octanol–water partition coefficient (Wildman–Crippen LogP) is 1.60. The Morgan fingerprint density at radius 2 is 2.15 bits per heavy atom. The molecular formula is C13H19FN2O3S. The van der Waals surface area contributed by atoms with Crippen LogP contribution in [0.3, 0.4) is 0 Å². The molecule has 2 N–H and O–H groups in total. The van der Waals surface area contributed by atoms with E-state index in [1.165, 1.54) is 16.4 Å². The van der Waals surface area contributed by atoms with Crippen molar-refractivity contribution in [3.8, 4) is 0 Å². The maximum absolute atomic E-state index is 13.9. The van der Waals surface area contributed by atoms with Crippen LogP contribution >= 0.6 is 0 Å². The first kappa shape index (κ1) is 15.2. The SMILES string of the molecule is COC1(C)CCCN(S(=O)(=O)c2ccc(N)cc2F)C1. The van der Waals surface area contributed by atoms with E-state index in [1.54, 1.807) is 7.11 Å². The Morgan fingerprint density at radius 3 is 2.75 bits per heavy atom. The van der Waals surface area contributed by atoms with Crippen molar-refractivity contribution in [2.75, 3.05) is 25.9 Å². The first-order valence-corrected chi connectivity index (χ1v) is 7.83. The van der Waals surface area contributed by atoms with Gasteiger partial charge in [-0.1, -0.05) is 0 Å². The molecule has 0 saturated carbocycles. The van der Waals surface area contributed by atoms with Gasteiger partial charge in [-0.2, -0.15) is 4.31 Å². The molecule has 0 bridgehead atoms. The Labute approximate surface area is 118 Å². The van der Waals surface area contributed by atoms with Gasteiger partial charge in [0, 0.05) is 25.9 Å². The van der Waals surface area contributed by atoms with E-state index in [2.05, 4.69) is 0 Å². The maximum Gasteiger partial charge on any atom is 0.246 e. The van der Waals surface area contributed by atoms with Crippen molar-refractivity contribution in [1.82, 2.24) is 4.31 Å². The molecule has 1 aliphatic heterocycles. The Bertz CT molecular complexity index is 606. The number of hydrogen-bond donors (Lipinski definition) is 1. The van der Waals surface area contributed by atoms with Crippen LogP contribution in [0, 0.1) is 5.82 Å². The molecule has 1 aromatic carbocycles. The van der Waals surface area contributed by atoms with Gasteiger partial charge in [0.2, 0.25) is 10.0 Å². The van der Waals surface area contributed by atoms with Gasteiger partial charge in [-0.3, -0.25) is 0 Å². The van der Waals surface area contributed by atoms with E-state index in [0.29, 0.717) is 13.0 Å². The van der Waals surface area contributed by atoms with Crippen molar-refractivity contribution in [2.45, 2.75) is 30.3 Å². The number of nitrogens with two attached hydrogens (primary N) is 1. The summed E-state index contributed by atoms with van der Waals surface area (Å²) in [6.07, 6.45) is 1.46. The highest BCUT2D eigenvalue weighted by Gasteiger charge is 2.37. The Kier molecular flexibility index (Phi) is 4.04. The lowest BCUT2D eigenvalue weighted by Crippen LogP contribution is -2.49. The second-order valence-corrected chi connectivity index (χ2v) is 7.19. The first-order valence-electron chi connectivity index (χ1n) is 6.39. The number of halogens is 1. The van der Waals surface area contributed by atoms with Crippen molar-refractivity contribution in [1.29, 1.82) is 0 Å². The third-order valence-electron chi connectivity index (χ3n) is 3.69. The number of piperidine rings is 1. The van der Waals surface area contributed by atoms with E-state index in [0.717, 1.165) is 12.5 Å². The monoisotopic (exact) mass is 302 g/mol. The quantitative estimate of drug-likeness (QED) is 0.861. The van der Waals surface area contributed by atoms with E-state index in [9.17, 15) is 12.8 Å². The number of nitrogen functional groups attached to an aromatic ring is 1. The molecule has 0 amide bonds. The van der Waals surface area contributed by atoms with Gasteiger partial charge in [-0.15, -0.1) is 0 Å². The van der Waals surface area contributed by atoms with Crippen molar-refractivity contribution in [3.63, 3.8) is 0 Å². The van der Waals surface area contributed by atoms with Crippen molar-refractivity contribution >= 4 is 15.7 Å². The molecule has 0 aromatic heterocycles. The van der Waals surface area contributed by atoms with Crippen LogP contribution in [0.25, 0.3) is 0 Å². The summed E-state index contributed by atoms with van der Waals surface area (Å²) in [5.74, 6) is -0.824. The lowest BCUT2D eigenvalue weighted by atomic mass is 9.96. The molecule has 0 spiro atoms. The van der Waals surface area contributed by atoms with Crippen molar-refractivity contribution < 1.29 is 17.5 Å².